The molecule has 1 aliphatic heterocycles. The zero-order chi connectivity index (χ0) is 20.8. The number of pyridine rings is 1. The predicted molar refractivity (Wildman–Crippen MR) is 114 cm³/mol. The van der Waals surface area contributed by atoms with Gasteiger partial charge in [-0.2, -0.15) is 0 Å². The molecule has 3 atom stereocenters. The first-order chi connectivity index (χ1) is 14.5. The summed E-state index contributed by atoms with van der Waals surface area (Å²) in [4.78, 5) is 32.1. The number of hydrogen-bond acceptors (Lipinski definition) is 4. The molecule has 6 nitrogen and oxygen atoms in total. The first kappa shape index (κ1) is 19.2. The average Bonchev–Trinajstić information content (AvgIpc) is 3.11. The quantitative estimate of drug-likeness (QED) is 0.823. The second-order valence-electron chi connectivity index (χ2n) is 8.96. The number of aryl methyl sites for hydroxylation is 3. The summed E-state index contributed by atoms with van der Waals surface area (Å²) in [7, 11) is 0. The molecule has 156 valence electrons. The van der Waals surface area contributed by atoms with Crippen LogP contribution in [-0.2, 0) is 12.8 Å². The summed E-state index contributed by atoms with van der Waals surface area (Å²) in [6.07, 6.45) is 6.41. The average molecular weight is 405 g/mol. The maximum Gasteiger partial charge on any atom is 0.257 e. The molecule has 2 fully saturated rings. The molecule has 2 N–H and O–H groups in total. The molecule has 2 aromatic rings. The van der Waals surface area contributed by atoms with E-state index in [0.717, 1.165) is 43.4 Å². The van der Waals surface area contributed by atoms with Crippen molar-refractivity contribution in [2.24, 2.45) is 11.8 Å². The monoisotopic (exact) mass is 405 g/mol. The van der Waals surface area contributed by atoms with E-state index >= 15 is 0 Å². The van der Waals surface area contributed by atoms with Gasteiger partial charge in [0.2, 0.25) is 0 Å². The second-order valence-corrected chi connectivity index (χ2v) is 8.96. The van der Waals surface area contributed by atoms with Crippen LogP contribution in [-0.4, -0.2) is 46.0 Å². The van der Waals surface area contributed by atoms with E-state index in [0.29, 0.717) is 35.8 Å². The molecular weight excluding hydrogens is 378 g/mol. The zero-order valence-corrected chi connectivity index (χ0v) is 17.2. The van der Waals surface area contributed by atoms with E-state index in [-0.39, 0.29) is 23.8 Å². The van der Waals surface area contributed by atoms with Gasteiger partial charge in [-0.1, -0.05) is 6.07 Å². The maximum absolute atomic E-state index is 13.0. The number of benzene rings is 1. The van der Waals surface area contributed by atoms with Gasteiger partial charge in [0.15, 0.2) is 0 Å². The lowest BCUT2D eigenvalue weighted by Crippen LogP contribution is -2.39. The Bertz CT molecular complexity index is 1020. The topological polar surface area (TPSA) is 82.5 Å². The van der Waals surface area contributed by atoms with Gasteiger partial charge in [0.25, 0.3) is 11.8 Å². The minimum Gasteiger partial charge on any atom is -0.393 e. The number of amides is 2. The molecule has 30 heavy (non-hydrogen) atoms. The molecule has 3 aliphatic rings. The number of aliphatic hydroxyl groups excluding tert-OH is 1. The molecule has 2 amide bonds. The molecule has 2 aliphatic carbocycles. The van der Waals surface area contributed by atoms with Crippen LogP contribution in [0.5, 0.6) is 0 Å². The number of nitrogens with one attached hydrogen (secondary N) is 1. The van der Waals surface area contributed by atoms with Crippen molar-refractivity contribution in [2.75, 3.05) is 18.4 Å². The van der Waals surface area contributed by atoms with Crippen LogP contribution < -0.4 is 5.32 Å². The number of carbonyl (C=O) groups is 2. The van der Waals surface area contributed by atoms with Crippen molar-refractivity contribution >= 4 is 17.5 Å². The lowest BCUT2D eigenvalue weighted by atomic mass is 9.74. The minimum absolute atomic E-state index is 0.0393. The van der Waals surface area contributed by atoms with Crippen LogP contribution in [0, 0.1) is 18.8 Å². The van der Waals surface area contributed by atoms with Gasteiger partial charge in [-0.15, -0.1) is 0 Å². The number of aliphatic hydroxyl groups is 1. The SMILES string of the molecule is Cc1ccc(C(=O)N2C[C@@H]3C[C@@H](O)[C@@H]3C2)cc1NC(=O)c1cnc2c(c1)CCCC2. The highest BCUT2D eigenvalue weighted by Crippen LogP contribution is 2.41. The second kappa shape index (κ2) is 7.51. The third-order valence-electron chi connectivity index (χ3n) is 6.98. The summed E-state index contributed by atoms with van der Waals surface area (Å²) < 4.78 is 0. The number of fused-ring (bicyclic) bond motifs is 2. The number of likely N-dealkylation sites (tertiary alicyclic amines) is 1. The third kappa shape index (κ3) is 3.39. The van der Waals surface area contributed by atoms with Crippen molar-refractivity contribution in [2.45, 2.75) is 45.1 Å². The Morgan fingerprint density at radius 2 is 1.97 bits per heavy atom. The van der Waals surface area contributed by atoms with Crippen molar-refractivity contribution in [3.05, 3.63) is 58.4 Å². The summed E-state index contributed by atoms with van der Waals surface area (Å²) >= 11 is 0. The highest BCUT2D eigenvalue weighted by Gasteiger charge is 2.47. The van der Waals surface area contributed by atoms with Crippen molar-refractivity contribution in [1.29, 1.82) is 0 Å². The first-order valence-electron chi connectivity index (χ1n) is 10.9. The fourth-order valence-electron chi connectivity index (χ4n) is 5.02. The van der Waals surface area contributed by atoms with Gasteiger partial charge in [0.05, 0.1) is 11.7 Å². The van der Waals surface area contributed by atoms with E-state index in [1.807, 2.05) is 30.0 Å². The van der Waals surface area contributed by atoms with E-state index in [9.17, 15) is 14.7 Å². The van der Waals surface area contributed by atoms with Crippen LogP contribution in [0.1, 0.15) is 56.8 Å². The highest BCUT2D eigenvalue weighted by molar-refractivity contribution is 6.05. The van der Waals surface area contributed by atoms with Crippen LogP contribution in [0.15, 0.2) is 30.5 Å². The Labute approximate surface area is 176 Å². The van der Waals surface area contributed by atoms with E-state index in [4.69, 9.17) is 0 Å². The summed E-state index contributed by atoms with van der Waals surface area (Å²) in [5, 5.41) is 12.8. The Hall–Kier alpha value is -2.73. The molecular formula is C24H27N3O3. The van der Waals surface area contributed by atoms with E-state index < -0.39 is 0 Å². The number of anilines is 1. The van der Waals surface area contributed by atoms with Gasteiger partial charge in [-0.3, -0.25) is 14.6 Å². The highest BCUT2D eigenvalue weighted by atomic mass is 16.3. The van der Waals surface area contributed by atoms with Crippen molar-refractivity contribution < 1.29 is 14.7 Å². The van der Waals surface area contributed by atoms with Gasteiger partial charge in [-0.25, -0.2) is 0 Å². The van der Waals surface area contributed by atoms with Crippen molar-refractivity contribution in [3.63, 3.8) is 0 Å². The summed E-state index contributed by atoms with van der Waals surface area (Å²) in [6, 6.07) is 7.39. The van der Waals surface area contributed by atoms with Crippen LogP contribution in [0.25, 0.3) is 0 Å². The smallest absolute Gasteiger partial charge is 0.257 e. The molecule has 0 unspecified atom stereocenters. The molecule has 5 rings (SSSR count). The van der Waals surface area contributed by atoms with Crippen molar-refractivity contribution in [3.8, 4) is 0 Å². The number of nitrogens with zero attached hydrogens (tertiary/aromatic N) is 2. The maximum atomic E-state index is 13.0. The molecule has 1 saturated heterocycles. The molecule has 6 heteroatoms. The Morgan fingerprint density at radius 1 is 1.13 bits per heavy atom. The third-order valence-corrected chi connectivity index (χ3v) is 6.98. The van der Waals surface area contributed by atoms with E-state index in [2.05, 4.69) is 10.3 Å². The van der Waals surface area contributed by atoms with Crippen LogP contribution >= 0.6 is 0 Å². The Balaban J connectivity index is 1.32. The molecule has 1 saturated carbocycles. The molecule has 1 aromatic carbocycles. The Kier molecular flexibility index (Phi) is 4.82. The molecule has 1 aromatic heterocycles. The summed E-state index contributed by atoms with van der Waals surface area (Å²) in [5.41, 5.74) is 4.94. The lowest BCUT2D eigenvalue weighted by molar-refractivity contribution is -0.00427. The van der Waals surface area contributed by atoms with Gasteiger partial charge in [-0.05, 0) is 74.3 Å². The Morgan fingerprint density at radius 3 is 2.77 bits per heavy atom. The first-order valence-corrected chi connectivity index (χ1v) is 10.9. The molecule has 0 bridgehead atoms. The van der Waals surface area contributed by atoms with Crippen molar-refractivity contribution in [1.82, 2.24) is 9.88 Å². The molecule has 2 heterocycles. The minimum atomic E-state index is -0.272. The summed E-state index contributed by atoms with van der Waals surface area (Å²) in [6.45, 7) is 3.24. The van der Waals surface area contributed by atoms with Crippen LogP contribution in [0.4, 0.5) is 5.69 Å². The molecule has 0 radical (unpaired) electrons. The largest absolute Gasteiger partial charge is 0.393 e. The molecule has 0 spiro atoms. The van der Waals surface area contributed by atoms with Gasteiger partial charge >= 0.3 is 0 Å². The number of rotatable bonds is 3. The van der Waals surface area contributed by atoms with Gasteiger partial charge in [0, 0.05) is 42.1 Å². The normalized spacial score (nSPS) is 24.6. The van der Waals surface area contributed by atoms with Crippen LogP contribution in [0.3, 0.4) is 0 Å². The number of carbonyl (C=O) groups excluding carboxylic acids is 2. The predicted octanol–water partition coefficient (Wildman–Crippen LogP) is 2.97. The number of hydrogen-bond donors (Lipinski definition) is 2. The fraction of sp³-hybridized carbons (Fsp3) is 0.458. The fourth-order valence-corrected chi connectivity index (χ4v) is 5.02. The number of aromatic nitrogens is 1. The van der Waals surface area contributed by atoms with Gasteiger partial charge < -0.3 is 15.3 Å². The van der Waals surface area contributed by atoms with Crippen LogP contribution in [0.2, 0.25) is 0 Å². The zero-order valence-electron chi connectivity index (χ0n) is 17.2. The lowest BCUT2D eigenvalue weighted by Gasteiger charge is -2.34. The van der Waals surface area contributed by atoms with Gasteiger partial charge in [0.1, 0.15) is 0 Å². The van der Waals surface area contributed by atoms with E-state index in [1.54, 1.807) is 12.3 Å². The standard InChI is InChI=1S/C24H27N3O3/c1-14-6-7-16(24(30)27-12-18-10-22(28)19(18)13-27)9-21(14)26-23(29)17-8-15-4-2-3-5-20(15)25-11-17/h6-9,11,18-19,22,28H,2-5,10,12-13H2,1H3,(H,26,29)/t18-,19+,22+/m0/s1. The van der Waals surface area contributed by atoms with E-state index in [1.165, 1.54) is 5.56 Å². The summed E-state index contributed by atoms with van der Waals surface area (Å²) in [5.74, 6) is 0.397.